The van der Waals surface area contributed by atoms with Crippen molar-refractivity contribution in [3.63, 3.8) is 0 Å². The highest BCUT2D eigenvalue weighted by Gasteiger charge is 2.07. The Bertz CT molecular complexity index is 137. The van der Waals surface area contributed by atoms with Gasteiger partial charge in [0, 0.05) is 12.6 Å². The first kappa shape index (κ1) is 11.2. The maximum absolute atomic E-state index is 10.9. The van der Waals surface area contributed by atoms with E-state index < -0.39 is 0 Å². The van der Waals surface area contributed by atoms with Crippen LogP contribution in [0.2, 0.25) is 0 Å². The molecule has 0 aliphatic heterocycles. The molecule has 0 fully saturated rings. The molecule has 12 heavy (non-hydrogen) atoms. The van der Waals surface area contributed by atoms with Crippen LogP contribution in [0.4, 0.5) is 4.79 Å². The van der Waals surface area contributed by atoms with Crippen LogP contribution in [-0.4, -0.2) is 44.3 Å². The Balaban J connectivity index is 3.54. The van der Waals surface area contributed by atoms with Crippen LogP contribution >= 0.6 is 0 Å². The van der Waals surface area contributed by atoms with Gasteiger partial charge in [0.15, 0.2) is 0 Å². The lowest BCUT2D eigenvalue weighted by Gasteiger charge is -2.17. The number of hydrogen-bond donors (Lipinski definition) is 1. The average molecular weight is 174 g/mol. The summed E-state index contributed by atoms with van der Waals surface area (Å²) in [5.41, 5.74) is 0. The zero-order chi connectivity index (χ0) is 9.56. The molecule has 0 heterocycles. The molecule has 0 saturated heterocycles. The smallest absolute Gasteiger partial charge is 0.407 e. The van der Waals surface area contributed by atoms with Crippen LogP contribution in [0.3, 0.4) is 0 Å². The summed E-state index contributed by atoms with van der Waals surface area (Å²) in [6.45, 7) is 4.96. The Morgan fingerprint density at radius 2 is 2.17 bits per heavy atom. The molecule has 0 spiro atoms. The molecule has 0 bridgehead atoms. The van der Waals surface area contributed by atoms with E-state index in [1.165, 1.54) is 0 Å². The molecular weight excluding hydrogens is 156 g/mol. The molecule has 1 unspecified atom stereocenters. The molecule has 1 amide bonds. The molecule has 0 aromatic rings. The Kier molecular flexibility index (Phi) is 5.45. The third-order valence-corrected chi connectivity index (χ3v) is 1.28. The quantitative estimate of drug-likeness (QED) is 0.681. The maximum atomic E-state index is 10.9. The van der Waals surface area contributed by atoms with Crippen LogP contribution in [0.15, 0.2) is 0 Å². The number of alkyl carbamates (subject to hydrolysis) is 1. The van der Waals surface area contributed by atoms with Crippen molar-refractivity contribution < 1.29 is 9.53 Å². The average Bonchev–Trinajstić information content (AvgIpc) is 1.84. The fraction of sp³-hybridized carbons (Fsp3) is 0.875. The van der Waals surface area contributed by atoms with Crippen molar-refractivity contribution in [2.45, 2.75) is 19.9 Å². The number of ether oxygens (including phenoxy) is 1. The standard InChI is InChI=1S/C8H18N2O2/c1-5-12-8(11)9-7(2)6-10(3)4/h7H,5-6H2,1-4H3,(H,9,11). The van der Waals surface area contributed by atoms with Crippen molar-refractivity contribution in [1.82, 2.24) is 10.2 Å². The summed E-state index contributed by atoms with van der Waals surface area (Å²) in [6, 6.07) is 0.124. The minimum Gasteiger partial charge on any atom is -0.450 e. The van der Waals surface area contributed by atoms with Crippen LogP contribution in [-0.2, 0) is 4.74 Å². The minimum absolute atomic E-state index is 0.124. The number of carbonyl (C=O) groups excluding carboxylic acids is 1. The fourth-order valence-electron chi connectivity index (χ4n) is 0.967. The molecule has 0 saturated carbocycles. The molecular formula is C8H18N2O2. The highest BCUT2D eigenvalue weighted by Crippen LogP contribution is 1.86. The van der Waals surface area contributed by atoms with E-state index in [9.17, 15) is 4.79 Å². The van der Waals surface area contributed by atoms with Crippen LogP contribution in [0.1, 0.15) is 13.8 Å². The topological polar surface area (TPSA) is 41.6 Å². The van der Waals surface area contributed by atoms with Crippen LogP contribution in [0.25, 0.3) is 0 Å². The molecule has 1 atom stereocenters. The normalized spacial score (nSPS) is 12.8. The van der Waals surface area contributed by atoms with E-state index >= 15 is 0 Å². The van der Waals surface area contributed by atoms with Crippen molar-refractivity contribution in [1.29, 1.82) is 0 Å². The van der Waals surface area contributed by atoms with Gasteiger partial charge in [-0.3, -0.25) is 0 Å². The highest BCUT2D eigenvalue weighted by molar-refractivity contribution is 5.67. The molecule has 4 heteroatoms. The van der Waals surface area contributed by atoms with Gasteiger partial charge in [0.25, 0.3) is 0 Å². The molecule has 4 nitrogen and oxygen atoms in total. The Labute approximate surface area is 73.9 Å². The van der Waals surface area contributed by atoms with Crippen LogP contribution in [0.5, 0.6) is 0 Å². The van der Waals surface area contributed by atoms with E-state index in [-0.39, 0.29) is 12.1 Å². The second-order valence-corrected chi connectivity index (χ2v) is 3.03. The Morgan fingerprint density at radius 1 is 1.58 bits per heavy atom. The van der Waals surface area contributed by atoms with Crippen molar-refractivity contribution >= 4 is 6.09 Å². The first-order valence-electron chi connectivity index (χ1n) is 4.14. The third-order valence-electron chi connectivity index (χ3n) is 1.28. The van der Waals surface area contributed by atoms with Gasteiger partial charge in [-0.15, -0.1) is 0 Å². The van der Waals surface area contributed by atoms with Gasteiger partial charge in [-0.1, -0.05) is 0 Å². The Hall–Kier alpha value is -0.770. The van der Waals surface area contributed by atoms with E-state index in [1.54, 1.807) is 6.92 Å². The molecule has 72 valence electrons. The first-order chi connectivity index (χ1) is 5.56. The molecule has 0 rings (SSSR count). The molecule has 0 aliphatic carbocycles. The predicted octanol–water partition coefficient (Wildman–Crippen LogP) is 0.683. The van der Waals surface area contributed by atoms with Crippen molar-refractivity contribution in [3.05, 3.63) is 0 Å². The summed E-state index contributed by atoms with van der Waals surface area (Å²) in [7, 11) is 3.92. The van der Waals surface area contributed by atoms with Crippen LogP contribution in [0, 0.1) is 0 Å². The zero-order valence-electron chi connectivity index (χ0n) is 8.26. The first-order valence-corrected chi connectivity index (χ1v) is 4.14. The van der Waals surface area contributed by atoms with E-state index in [0.717, 1.165) is 6.54 Å². The number of nitrogens with zero attached hydrogens (tertiary/aromatic N) is 1. The predicted molar refractivity (Wildman–Crippen MR) is 48.2 cm³/mol. The second-order valence-electron chi connectivity index (χ2n) is 3.03. The van der Waals surface area contributed by atoms with Gasteiger partial charge in [0.05, 0.1) is 6.61 Å². The van der Waals surface area contributed by atoms with Crippen molar-refractivity contribution in [2.75, 3.05) is 27.2 Å². The van der Waals surface area contributed by atoms with E-state index in [4.69, 9.17) is 4.74 Å². The largest absolute Gasteiger partial charge is 0.450 e. The zero-order valence-corrected chi connectivity index (χ0v) is 8.26. The van der Waals surface area contributed by atoms with E-state index in [0.29, 0.717) is 6.61 Å². The molecule has 1 N–H and O–H groups in total. The summed E-state index contributed by atoms with van der Waals surface area (Å²) in [5, 5.41) is 2.71. The summed E-state index contributed by atoms with van der Waals surface area (Å²) < 4.78 is 4.73. The number of likely N-dealkylation sites (N-methyl/N-ethyl adjacent to an activating group) is 1. The third kappa shape index (κ3) is 5.97. The number of carbonyl (C=O) groups is 1. The SMILES string of the molecule is CCOC(=O)NC(C)CN(C)C. The number of hydrogen-bond acceptors (Lipinski definition) is 3. The lowest BCUT2D eigenvalue weighted by Crippen LogP contribution is -2.39. The summed E-state index contributed by atoms with van der Waals surface area (Å²) in [5.74, 6) is 0. The monoisotopic (exact) mass is 174 g/mol. The lowest BCUT2D eigenvalue weighted by molar-refractivity contribution is 0.147. The number of amides is 1. The summed E-state index contributed by atoms with van der Waals surface area (Å²) >= 11 is 0. The minimum atomic E-state index is -0.341. The lowest BCUT2D eigenvalue weighted by atomic mass is 10.3. The van der Waals surface area contributed by atoms with E-state index in [1.807, 2.05) is 25.9 Å². The van der Waals surface area contributed by atoms with Gasteiger partial charge in [-0.25, -0.2) is 4.79 Å². The summed E-state index contributed by atoms with van der Waals surface area (Å²) in [6.07, 6.45) is -0.341. The second kappa shape index (κ2) is 5.83. The van der Waals surface area contributed by atoms with Crippen molar-refractivity contribution in [2.24, 2.45) is 0 Å². The van der Waals surface area contributed by atoms with Gasteiger partial charge in [0.1, 0.15) is 0 Å². The number of nitrogens with one attached hydrogen (secondary N) is 1. The van der Waals surface area contributed by atoms with Crippen molar-refractivity contribution in [3.8, 4) is 0 Å². The van der Waals surface area contributed by atoms with E-state index in [2.05, 4.69) is 5.32 Å². The number of rotatable bonds is 4. The molecule has 0 aliphatic rings. The van der Waals surface area contributed by atoms with Gasteiger partial charge in [-0.05, 0) is 27.9 Å². The molecule has 0 aromatic heterocycles. The molecule has 0 aromatic carbocycles. The van der Waals surface area contributed by atoms with Gasteiger partial charge >= 0.3 is 6.09 Å². The fourth-order valence-corrected chi connectivity index (χ4v) is 0.967. The highest BCUT2D eigenvalue weighted by atomic mass is 16.5. The Morgan fingerprint density at radius 3 is 2.58 bits per heavy atom. The van der Waals surface area contributed by atoms with Gasteiger partial charge in [-0.2, -0.15) is 0 Å². The van der Waals surface area contributed by atoms with Gasteiger partial charge in [0.2, 0.25) is 0 Å². The molecule has 0 radical (unpaired) electrons. The van der Waals surface area contributed by atoms with Gasteiger partial charge < -0.3 is 15.0 Å². The summed E-state index contributed by atoms with van der Waals surface area (Å²) in [4.78, 5) is 12.9. The maximum Gasteiger partial charge on any atom is 0.407 e. The van der Waals surface area contributed by atoms with Crippen LogP contribution < -0.4 is 5.32 Å².